The predicted octanol–water partition coefficient (Wildman–Crippen LogP) is 3.34. The lowest BCUT2D eigenvalue weighted by molar-refractivity contribution is -0.133. The molecule has 0 aromatic heterocycles. The Bertz CT molecular complexity index is 1030. The van der Waals surface area contributed by atoms with Gasteiger partial charge in [-0.05, 0) is 55.9 Å². The Kier molecular flexibility index (Phi) is 6.81. The van der Waals surface area contributed by atoms with Crippen molar-refractivity contribution in [3.05, 3.63) is 70.8 Å². The molecule has 0 spiro atoms. The van der Waals surface area contributed by atoms with Crippen LogP contribution in [0.25, 0.3) is 6.08 Å². The van der Waals surface area contributed by atoms with E-state index >= 15 is 0 Å². The second-order valence-electron chi connectivity index (χ2n) is 6.77. The first-order chi connectivity index (χ1) is 14.9. The van der Waals surface area contributed by atoms with Gasteiger partial charge in [-0.25, -0.2) is 4.79 Å². The van der Waals surface area contributed by atoms with Crippen LogP contribution < -0.4 is 4.74 Å². The molecule has 0 bridgehead atoms. The molecule has 2 amide bonds. The number of carbonyl (C=O) groups is 3. The van der Waals surface area contributed by atoms with E-state index in [1.807, 2.05) is 0 Å². The van der Waals surface area contributed by atoms with Crippen LogP contribution in [0.3, 0.4) is 0 Å². The third-order valence-corrected chi connectivity index (χ3v) is 5.30. The zero-order chi connectivity index (χ0) is 22.5. The van der Waals surface area contributed by atoms with Crippen molar-refractivity contribution in [2.24, 2.45) is 0 Å². The summed E-state index contributed by atoms with van der Waals surface area (Å²) < 4.78 is 5.90. The van der Waals surface area contributed by atoms with Crippen LogP contribution in [0.15, 0.2) is 54.1 Å². The first-order valence-electron chi connectivity index (χ1n) is 9.80. The van der Waals surface area contributed by atoms with Gasteiger partial charge in [0.05, 0.1) is 5.56 Å². The molecular weight excluding hydrogens is 416 g/mol. The Morgan fingerprint density at radius 1 is 1.00 bits per heavy atom. The van der Waals surface area contributed by atoms with Gasteiger partial charge in [0.1, 0.15) is 17.9 Å². The molecule has 1 aliphatic rings. The summed E-state index contributed by atoms with van der Waals surface area (Å²) in [6.45, 7) is 4.54. The maximum absolute atomic E-state index is 12.9. The first-order valence-corrected chi connectivity index (χ1v) is 10.2. The van der Waals surface area contributed by atoms with Crippen LogP contribution in [0.1, 0.15) is 35.3 Å². The number of para-hydroxylation sites is 1. The molecule has 1 heterocycles. The van der Waals surface area contributed by atoms with Crippen LogP contribution in [0, 0.1) is 0 Å². The molecule has 2 aromatic carbocycles. The summed E-state index contributed by atoms with van der Waals surface area (Å²) >= 11 is 5.29. The fourth-order valence-corrected chi connectivity index (χ4v) is 3.60. The fraction of sp³-hybridized carbons (Fsp3) is 0.217. The minimum atomic E-state index is -0.993. The standard InChI is InChI=1S/C23H22N2O5S/c1-3-24-20(26)18(21(27)25(4-2)23(24)31)13-17-7-5-6-8-19(17)30-14-15-9-11-16(12-10-15)22(28)29/h5-13H,3-4,14H2,1-2H3,(H,28,29). The molecule has 0 aliphatic carbocycles. The highest BCUT2D eigenvalue weighted by atomic mass is 32.1. The minimum Gasteiger partial charge on any atom is -0.488 e. The average molecular weight is 439 g/mol. The van der Waals surface area contributed by atoms with Gasteiger partial charge in [-0.1, -0.05) is 30.3 Å². The normalized spacial score (nSPS) is 14.1. The number of ether oxygens (including phenoxy) is 1. The fourth-order valence-electron chi connectivity index (χ4n) is 3.17. The molecule has 0 saturated carbocycles. The molecule has 31 heavy (non-hydrogen) atoms. The second-order valence-corrected chi connectivity index (χ2v) is 7.13. The average Bonchev–Trinajstić information content (AvgIpc) is 2.77. The Balaban J connectivity index is 1.87. The highest BCUT2D eigenvalue weighted by Gasteiger charge is 2.37. The van der Waals surface area contributed by atoms with Gasteiger partial charge in [-0.15, -0.1) is 0 Å². The maximum Gasteiger partial charge on any atom is 0.335 e. The molecule has 2 aromatic rings. The molecule has 0 atom stereocenters. The molecule has 1 saturated heterocycles. The first kappa shape index (κ1) is 22.2. The van der Waals surface area contributed by atoms with Crippen LogP contribution in [0.5, 0.6) is 5.75 Å². The zero-order valence-corrected chi connectivity index (χ0v) is 18.0. The SMILES string of the molecule is CCN1C(=O)C(=Cc2ccccc2OCc2ccc(C(=O)O)cc2)C(=O)N(CC)C1=S. The van der Waals surface area contributed by atoms with Crippen molar-refractivity contribution in [1.82, 2.24) is 9.80 Å². The molecule has 3 rings (SSSR count). The van der Waals surface area contributed by atoms with Gasteiger partial charge < -0.3 is 9.84 Å². The molecule has 1 N–H and O–H groups in total. The van der Waals surface area contributed by atoms with E-state index in [1.54, 1.807) is 50.2 Å². The van der Waals surface area contributed by atoms with Crippen molar-refractivity contribution in [2.45, 2.75) is 20.5 Å². The molecule has 7 nitrogen and oxygen atoms in total. The van der Waals surface area contributed by atoms with Crippen LogP contribution in [0.4, 0.5) is 0 Å². The number of amides is 2. The van der Waals surface area contributed by atoms with Crippen LogP contribution in [0.2, 0.25) is 0 Å². The Morgan fingerprint density at radius 2 is 1.58 bits per heavy atom. The number of aromatic carboxylic acids is 1. The Labute approximate surface area is 185 Å². The summed E-state index contributed by atoms with van der Waals surface area (Å²) in [6.07, 6.45) is 1.53. The number of thiocarbonyl (C=S) groups is 1. The topological polar surface area (TPSA) is 87.1 Å². The summed E-state index contributed by atoms with van der Waals surface area (Å²) in [7, 11) is 0. The largest absolute Gasteiger partial charge is 0.488 e. The quantitative estimate of drug-likeness (QED) is 0.405. The predicted molar refractivity (Wildman–Crippen MR) is 120 cm³/mol. The lowest BCUT2D eigenvalue weighted by Gasteiger charge is -2.35. The summed E-state index contributed by atoms with van der Waals surface area (Å²) in [5.41, 5.74) is 1.60. The second kappa shape index (κ2) is 9.53. The van der Waals surface area contributed by atoms with Crippen molar-refractivity contribution in [3.63, 3.8) is 0 Å². The van der Waals surface area contributed by atoms with Crippen molar-refractivity contribution >= 4 is 41.2 Å². The van der Waals surface area contributed by atoms with Gasteiger partial charge in [0, 0.05) is 18.7 Å². The monoisotopic (exact) mass is 438 g/mol. The van der Waals surface area contributed by atoms with Crippen molar-refractivity contribution in [3.8, 4) is 5.75 Å². The highest BCUT2D eigenvalue weighted by molar-refractivity contribution is 7.80. The zero-order valence-electron chi connectivity index (χ0n) is 17.2. The van der Waals surface area contributed by atoms with Gasteiger partial charge in [0.15, 0.2) is 5.11 Å². The Morgan fingerprint density at radius 3 is 2.13 bits per heavy atom. The van der Waals surface area contributed by atoms with E-state index in [0.717, 1.165) is 5.56 Å². The maximum atomic E-state index is 12.9. The third kappa shape index (κ3) is 4.64. The van der Waals surface area contributed by atoms with Gasteiger partial charge in [0.2, 0.25) is 0 Å². The van der Waals surface area contributed by atoms with E-state index in [2.05, 4.69) is 0 Å². The number of benzene rings is 2. The van der Waals surface area contributed by atoms with E-state index in [0.29, 0.717) is 24.4 Å². The molecule has 1 fully saturated rings. The van der Waals surface area contributed by atoms with E-state index in [4.69, 9.17) is 22.1 Å². The number of nitrogens with zero attached hydrogens (tertiary/aromatic N) is 2. The number of likely N-dealkylation sites (N-methyl/N-ethyl adjacent to an activating group) is 2. The van der Waals surface area contributed by atoms with E-state index in [-0.39, 0.29) is 22.9 Å². The van der Waals surface area contributed by atoms with Crippen LogP contribution in [-0.4, -0.2) is 50.9 Å². The van der Waals surface area contributed by atoms with E-state index in [1.165, 1.54) is 28.0 Å². The highest BCUT2D eigenvalue weighted by Crippen LogP contribution is 2.26. The summed E-state index contributed by atoms with van der Waals surface area (Å²) in [5.74, 6) is -1.35. The molecule has 8 heteroatoms. The van der Waals surface area contributed by atoms with Crippen molar-refractivity contribution in [1.29, 1.82) is 0 Å². The Hall–Kier alpha value is -3.52. The molecular formula is C23H22N2O5S. The summed E-state index contributed by atoms with van der Waals surface area (Å²) in [4.78, 5) is 39.5. The smallest absolute Gasteiger partial charge is 0.335 e. The van der Waals surface area contributed by atoms with E-state index in [9.17, 15) is 14.4 Å². The lowest BCUT2D eigenvalue weighted by atomic mass is 10.1. The van der Waals surface area contributed by atoms with Gasteiger partial charge in [0.25, 0.3) is 11.8 Å². The number of rotatable bonds is 7. The summed E-state index contributed by atoms with van der Waals surface area (Å²) in [5, 5.41) is 9.21. The van der Waals surface area contributed by atoms with Crippen LogP contribution in [-0.2, 0) is 16.2 Å². The summed E-state index contributed by atoms with van der Waals surface area (Å²) in [6, 6.07) is 13.5. The van der Waals surface area contributed by atoms with Crippen LogP contribution >= 0.6 is 12.2 Å². The molecule has 0 unspecified atom stereocenters. The number of hydrogen-bond donors (Lipinski definition) is 1. The number of carboxylic acid groups (broad SMARTS) is 1. The van der Waals surface area contributed by atoms with Crippen molar-refractivity contribution in [2.75, 3.05) is 13.1 Å². The number of hydrogen-bond acceptors (Lipinski definition) is 5. The van der Waals surface area contributed by atoms with Gasteiger partial charge in [-0.3, -0.25) is 19.4 Å². The number of carboxylic acids is 1. The van der Waals surface area contributed by atoms with Gasteiger partial charge >= 0.3 is 5.97 Å². The van der Waals surface area contributed by atoms with Crippen molar-refractivity contribution < 1.29 is 24.2 Å². The lowest BCUT2D eigenvalue weighted by Crippen LogP contribution is -2.55. The minimum absolute atomic E-state index is 0.0270. The molecule has 0 radical (unpaired) electrons. The van der Waals surface area contributed by atoms with Gasteiger partial charge in [-0.2, -0.15) is 0 Å². The third-order valence-electron chi connectivity index (χ3n) is 4.86. The van der Waals surface area contributed by atoms with E-state index < -0.39 is 17.8 Å². The molecule has 1 aliphatic heterocycles. The number of carbonyl (C=O) groups excluding carboxylic acids is 2. The molecule has 160 valence electrons.